The molecule has 0 saturated heterocycles. The summed E-state index contributed by atoms with van der Waals surface area (Å²) < 4.78 is 11.0. The van der Waals surface area contributed by atoms with Crippen LogP contribution in [0, 0.1) is 0 Å². The molecule has 1 amide bonds. The molecule has 1 N–H and O–H groups in total. The summed E-state index contributed by atoms with van der Waals surface area (Å²) in [6.45, 7) is 2.40. The van der Waals surface area contributed by atoms with Gasteiger partial charge in [-0.15, -0.1) is 0 Å². The number of nitrogens with zero attached hydrogens (tertiary/aromatic N) is 4. The third-order valence-corrected chi connectivity index (χ3v) is 4.20. The minimum atomic E-state index is -0.607. The molecule has 0 aliphatic heterocycles. The Morgan fingerprint density at radius 2 is 2.00 bits per heavy atom. The van der Waals surface area contributed by atoms with Crippen molar-refractivity contribution in [1.29, 1.82) is 0 Å². The van der Waals surface area contributed by atoms with Crippen LogP contribution in [-0.2, 0) is 23.2 Å². The number of hydrogen-bond donors (Lipinski definition) is 1. The summed E-state index contributed by atoms with van der Waals surface area (Å²) >= 11 is 0. The molecule has 162 valence electrons. The van der Waals surface area contributed by atoms with Crippen molar-refractivity contribution in [2.75, 3.05) is 11.9 Å². The average molecular weight is 425 g/mol. The molecular formula is C21H23N5O5. The zero-order chi connectivity index (χ0) is 22.1. The van der Waals surface area contributed by atoms with Crippen molar-refractivity contribution in [3.05, 3.63) is 76.2 Å². The van der Waals surface area contributed by atoms with Crippen LogP contribution in [0.25, 0.3) is 0 Å². The molecule has 1 aromatic carbocycles. The number of unbranched alkanes of at least 4 members (excludes halogenated alkanes) is 1. The standard InChI is InChI=1S/C21H23N5O5/c1-3-4-13-29-20(27)23-17-12-8-11-16(22-17)14-30-24-18(15-9-6-5-7-10-15)19-25-31-21(28)26(19)2/h5-12H,3-4,13-14H2,1-2H3,(H,22,23,27)/b24-18-. The second-order valence-electron chi connectivity index (χ2n) is 6.54. The molecule has 0 aliphatic rings. The second-order valence-corrected chi connectivity index (χ2v) is 6.54. The highest BCUT2D eigenvalue weighted by atomic mass is 16.6. The van der Waals surface area contributed by atoms with E-state index in [0.717, 1.165) is 12.8 Å². The summed E-state index contributed by atoms with van der Waals surface area (Å²) in [7, 11) is 1.53. The summed E-state index contributed by atoms with van der Waals surface area (Å²) in [5.74, 6) is -0.0342. The van der Waals surface area contributed by atoms with Crippen LogP contribution in [-0.4, -0.2) is 33.1 Å². The van der Waals surface area contributed by atoms with Gasteiger partial charge < -0.3 is 9.57 Å². The van der Waals surface area contributed by atoms with Crippen molar-refractivity contribution < 1.29 is 18.9 Å². The fraction of sp³-hybridized carbons (Fsp3) is 0.286. The van der Waals surface area contributed by atoms with Gasteiger partial charge in [-0.3, -0.25) is 14.4 Å². The van der Waals surface area contributed by atoms with E-state index in [-0.39, 0.29) is 12.4 Å². The lowest BCUT2D eigenvalue weighted by Gasteiger charge is -2.08. The van der Waals surface area contributed by atoms with Gasteiger partial charge in [0.2, 0.25) is 5.82 Å². The summed E-state index contributed by atoms with van der Waals surface area (Å²) in [5.41, 5.74) is 1.57. The van der Waals surface area contributed by atoms with Crippen LogP contribution in [0.4, 0.5) is 10.6 Å². The Labute approximate surface area is 178 Å². The molecule has 0 saturated carbocycles. The molecular weight excluding hydrogens is 402 g/mol. The monoisotopic (exact) mass is 425 g/mol. The zero-order valence-corrected chi connectivity index (χ0v) is 17.3. The summed E-state index contributed by atoms with van der Waals surface area (Å²) in [4.78, 5) is 33.2. The lowest BCUT2D eigenvalue weighted by atomic mass is 10.1. The Balaban J connectivity index is 1.70. The molecule has 0 atom stereocenters. The molecule has 31 heavy (non-hydrogen) atoms. The van der Waals surface area contributed by atoms with Crippen molar-refractivity contribution in [2.45, 2.75) is 26.4 Å². The third kappa shape index (κ3) is 6.01. The van der Waals surface area contributed by atoms with Gasteiger partial charge in [0.25, 0.3) is 0 Å². The molecule has 2 heterocycles. The predicted octanol–water partition coefficient (Wildman–Crippen LogP) is 3.09. The largest absolute Gasteiger partial charge is 0.449 e. The number of anilines is 1. The van der Waals surface area contributed by atoms with Crippen LogP contribution in [0.1, 0.15) is 36.8 Å². The fourth-order valence-electron chi connectivity index (χ4n) is 2.55. The van der Waals surface area contributed by atoms with Crippen molar-refractivity contribution in [3.63, 3.8) is 0 Å². The number of carbonyl (C=O) groups is 1. The van der Waals surface area contributed by atoms with E-state index >= 15 is 0 Å². The number of amides is 1. The van der Waals surface area contributed by atoms with Gasteiger partial charge >= 0.3 is 11.8 Å². The van der Waals surface area contributed by atoms with Crippen LogP contribution in [0.3, 0.4) is 0 Å². The highest BCUT2D eigenvalue weighted by Gasteiger charge is 2.17. The third-order valence-electron chi connectivity index (χ3n) is 4.20. The highest BCUT2D eigenvalue weighted by Crippen LogP contribution is 2.11. The molecule has 0 radical (unpaired) electrons. The number of ether oxygens (including phenoxy) is 1. The Hall–Kier alpha value is -3.95. The van der Waals surface area contributed by atoms with E-state index in [0.29, 0.717) is 29.4 Å². The van der Waals surface area contributed by atoms with E-state index in [2.05, 4.69) is 20.6 Å². The Morgan fingerprint density at radius 3 is 2.71 bits per heavy atom. The number of oxime groups is 1. The van der Waals surface area contributed by atoms with Gasteiger partial charge in [0.05, 0.1) is 12.3 Å². The molecule has 0 fully saturated rings. The lowest BCUT2D eigenvalue weighted by molar-refractivity contribution is 0.128. The molecule has 10 heteroatoms. The first-order chi connectivity index (χ1) is 15.1. The zero-order valence-electron chi connectivity index (χ0n) is 17.3. The van der Waals surface area contributed by atoms with E-state index in [1.165, 1.54) is 11.6 Å². The number of benzene rings is 1. The number of hydrogen-bond acceptors (Lipinski definition) is 8. The van der Waals surface area contributed by atoms with E-state index in [9.17, 15) is 9.59 Å². The van der Waals surface area contributed by atoms with E-state index < -0.39 is 11.8 Å². The Kier molecular flexibility index (Phi) is 7.52. The number of rotatable bonds is 9. The van der Waals surface area contributed by atoms with Gasteiger partial charge in [0, 0.05) is 12.6 Å². The van der Waals surface area contributed by atoms with Crippen LogP contribution in [0.5, 0.6) is 0 Å². The van der Waals surface area contributed by atoms with Crippen molar-refractivity contribution >= 4 is 17.6 Å². The summed E-state index contributed by atoms with van der Waals surface area (Å²) in [6.07, 6.45) is 1.18. The molecule has 3 aromatic rings. The van der Waals surface area contributed by atoms with Crippen LogP contribution in [0.15, 0.2) is 63.0 Å². The maximum absolute atomic E-state index is 11.8. The first-order valence-corrected chi connectivity index (χ1v) is 9.76. The van der Waals surface area contributed by atoms with Crippen LogP contribution < -0.4 is 11.1 Å². The Bertz CT molecular complexity index is 1090. The molecule has 10 nitrogen and oxygen atoms in total. The molecule has 0 bridgehead atoms. The summed E-state index contributed by atoms with van der Waals surface area (Å²) in [6, 6.07) is 14.3. The summed E-state index contributed by atoms with van der Waals surface area (Å²) in [5, 5.41) is 10.5. The molecule has 0 spiro atoms. The SMILES string of the molecule is CCCCOC(=O)Nc1cccc(CO/N=C(/c2ccccc2)c2noc(=O)n2C)n1. The normalized spacial score (nSPS) is 11.2. The number of nitrogens with one attached hydrogen (secondary N) is 1. The predicted molar refractivity (Wildman–Crippen MR) is 113 cm³/mol. The van der Waals surface area contributed by atoms with Crippen molar-refractivity contribution in [1.82, 2.24) is 14.7 Å². The molecule has 0 aliphatic carbocycles. The minimum absolute atomic E-state index is 0.0303. The minimum Gasteiger partial charge on any atom is -0.449 e. The number of carbonyl (C=O) groups excluding carboxylic acids is 1. The maximum Gasteiger partial charge on any atom is 0.441 e. The molecule has 0 unspecified atom stereocenters. The Morgan fingerprint density at radius 1 is 1.19 bits per heavy atom. The lowest BCUT2D eigenvalue weighted by Crippen LogP contribution is -2.17. The molecule has 2 aromatic heterocycles. The maximum atomic E-state index is 11.8. The van der Waals surface area contributed by atoms with Crippen LogP contribution in [0.2, 0.25) is 0 Å². The van der Waals surface area contributed by atoms with Crippen molar-refractivity contribution in [3.8, 4) is 0 Å². The van der Waals surface area contributed by atoms with Gasteiger partial charge in [-0.25, -0.2) is 14.6 Å². The highest BCUT2D eigenvalue weighted by molar-refractivity contribution is 6.10. The van der Waals surface area contributed by atoms with Gasteiger partial charge in [0.15, 0.2) is 12.3 Å². The van der Waals surface area contributed by atoms with E-state index in [1.54, 1.807) is 18.2 Å². The molecule has 3 rings (SSSR count). The fourth-order valence-corrected chi connectivity index (χ4v) is 2.55. The second kappa shape index (κ2) is 10.7. The van der Waals surface area contributed by atoms with Gasteiger partial charge in [-0.05, 0) is 18.6 Å². The number of pyridine rings is 1. The smallest absolute Gasteiger partial charge is 0.441 e. The van der Waals surface area contributed by atoms with Crippen LogP contribution >= 0.6 is 0 Å². The van der Waals surface area contributed by atoms with Gasteiger partial charge in [0.1, 0.15) is 5.82 Å². The quantitative estimate of drug-likeness (QED) is 0.318. The number of aromatic nitrogens is 3. The first-order valence-electron chi connectivity index (χ1n) is 9.76. The average Bonchev–Trinajstić information content (AvgIpc) is 3.10. The topological polar surface area (TPSA) is 121 Å². The van der Waals surface area contributed by atoms with E-state index in [1.807, 2.05) is 37.3 Å². The van der Waals surface area contributed by atoms with E-state index in [4.69, 9.17) is 14.1 Å². The van der Waals surface area contributed by atoms with Gasteiger partial charge in [-0.1, -0.05) is 60.1 Å². The van der Waals surface area contributed by atoms with Crippen molar-refractivity contribution in [2.24, 2.45) is 12.2 Å². The first kappa shape index (κ1) is 21.8. The van der Waals surface area contributed by atoms with Gasteiger partial charge in [-0.2, -0.15) is 0 Å².